The monoisotopic (exact) mass is 256 g/mol. The summed E-state index contributed by atoms with van der Waals surface area (Å²) in [5.74, 6) is -2.20. The van der Waals surface area contributed by atoms with E-state index in [2.05, 4.69) is 5.32 Å². The standard InChI is InChI=1S/C13H18F2N2O/c1-4-7(2)11(16)13(18)17-12-9(14)6-5-8(3)10(12)15/h5-7,11H,4,16H2,1-3H3,(H,17,18)/t7?,11-/m0/s1. The molecule has 2 atom stereocenters. The van der Waals surface area contributed by atoms with Crippen LogP contribution >= 0.6 is 0 Å². The maximum atomic E-state index is 13.7. The van der Waals surface area contributed by atoms with Crippen LogP contribution in [-0.4, -0.2) is 11.9 Å². The third kappa shape index (κ3) is 3.04. The van der Waals surface area contributed by atoms with Gasteiger partial charge >= 0.3 is 0 Å². The smallest absolute Gasteiger partial charge is 0.241 e. The summed E-state index contributed by atoms with van der Waals surface area (Å²) in [6, 6.07) is 1.65. The number of rotatable bonds is 4. The molecule has 1 aromatic carbocycles. The fourth-order valence-electron chi connectivity index (χ4n) is 1.49. The second kappa shape index (κ2) is 5.91. The largest absolute Gasteiger partial charge is 0.320 e. The van der Waals surface area contributed by atoms with Crippen LogP contribution in [0.15, 0.2) is 12.1 Å². The number of anilines is 1. The van der Waals surface area contributed by atoms with Crippen molar-refractivity contribution >= 4 is 11.6 Å². The van der Waals surface area contributed by atoms with Gasteiger partial charge in [0.15, 0.2) is 5.82 Å². The average Bonchev–Trinajstić information content (AvgIpc) is 2.37. The van der Waals surface area contributed by atoms with Crippen molar-refractivity contribution in [1.29, 1.82) is 0 Å². The highest BCUT2D eigenvalue weighted by molar-refractivity contribution is 5.95. The Morgan fingerprint density at radius 3 is 2.61 bits per heavy atom. The maximum Gasteiger partial charge on any atom is 0.241 e. The van der Waals surface area contributed by atoms with E-state index in [9.17, 15) is 13.6 Å². The lowest BCUT2D eigenvalue weighted by molar-refractivity contribution is -0.118. The number of benzene rings is 1. The van der Waals surface area contributed by atoms with Crippen LogP contribution in [0.4, 0.5) is 14.5 Å². The number of carbonyl (C=O) groups is 1. The van der Waals surface area contributed by atoms with Gasteiger partial charge in [-0.15, -0.1) is 0 Å². The Hall–Kier alpha value is -1.49. The van der Waals surface area contributed by atoms with E-state index >= 15 is 0 Å². The van der Waals surface area contributed by atoms with Gasteiger partial charge in [-0.25, -0.2) is 8.78 Å². The Labute approximate surface area is 105 Å². The van der Waals surface area contributed by atoms with Gasteiger partial charge in [-0.2, -0.15) is 0 Å². The Morgan fingerprint density at radius 1 is 1.44 bits per heavy atom. The lowest BCUT2D eigenvalue weighted by Crippen LogP contribution is -2.41. The molecule has 0 radical (unpaired) electrons. The Morgan fingerprint density at radius 2 is 2.06 bits per heavy atom. The molecule has 0 saturated heterocycles. The number of aryl methyl sites for hydroxylation is 1. The van der Waals surface area contributed by atoms with Gasteiger partial charge in [-0.3, -0.25) is 4.79 Å². The summed E-state index contributed by atoms with van der Waals surface area (Å²) in [4.78, 5) is 11.8. The van der Waals surface area contributed by atoms with Crippen LogP contribution in [-0.2, 0) is 4.79 Å². The second-order valence-electron chi connectivity index (χ2n) is 4.45. The highest BCUT2D eigenvalue weighted by atomic mass is 19.1. The second-order valence-corrected chi connectivity index (χ2v) is 4.45. The predicted octanol–water partition coefficient (Wildman–Crippen LogP) is 2.59. The molecule has 0 aromatic heterocycles. The molecule has 0 saturated carbocycles. The number of nitrogens with one attached hydrogen (secondary N) is 1. The molecule has 1 aromatic rings. The molecule has 1 unspecified atom stereocenters. The number of carbonyl (C=O) groups excluding carboxylic acids is 1. The normalized spacial score (nSPS) is 14.1. The molecule has 100 valence electrons. The molecule has 3 N–H and O–H groups in total. The fourth-order valence-corrected chi connectivity index (χ4v) is 1.49. The van der Waals surface area contributed by atoms with Gasteiger partial charge in [0, 0.05) is 0 Å². The van der Waals surface area contributed by atoms with Crippen LogP contribution in [0, 0.1) is 24.5 Å². The van der Waals surface area contributed by atoms with E-state index in [4.69, 9.17) is 5.73 Å². The summed E-state index contributed by atoms with van der Waals surface area (Å²) in [6.07, 6.45) is 0.716. The minimum absolute atomic E-state index is 0.0547. The Balaban J connectivity index is 2.92. The molecule has 1 rings (SSSR count). The van der Waals surface area contributed by atoms with Gasteiger partial charge in [-0.1, -0.05) is 26.3 Å². The van der Waals surface area contributed by atoms with Crippen molar-refractivity contribution in [2.24, 2.45) is 11.7 Å². The first-order chi connectivity index (χ1) is 8.38. The van der Waals surface area contributed by atoms with Crippen LogP contribution in [0.3, 0.4) is 0 Å². The van der Waals surface area contributed by atoms with Crippen molar-refractivity contribution in [3.05, 3.63) is 29.3 Å². The molecular weight excluding hydrogens is 238 g/mol. The molecule has 0 spiro atoms. The molecule has 5 heteroatoms. The molecule has 3 nitrogen and oxygen atoms in total. The van der Waals surface area contributed by atoms with Crippen molar-refractivity contribution in [1.82, 2.24) is 0 Å². The molecule has 0 aliphatic rings. The summed E-state index contributed by atoms with van der Waals surface area (Å²) >= 11 is 0. The summed E-state index contributed by atoms with van der Waals surface area (Å²) < 4.78 is 27.1. The first-order valence-electron chi connectivity index (χ1n) is 5.89. The molecule has 18 heavy (non-hydrogen) atoms. The minimum Gasteiger partial charge on any atom is -0.320 e. The zero-order chi connectivity index (χ0) is 13.9. The first-order valence-corrected chi connectivity index (χ1v) is 5.89. The van der Waals surface area contributed by atoms with Gasteiger partial charge in [0.25, 0.3) is 0 Å². The Kier molecular flexibility index (Phi) is 4.78. The maximum absolute atomic E-state index is 13.7. The van der Waals surface area contributed by atoms with E-state index in [1.54, 1.807) is 0 Å². The van der Waals surface area contributed by atoms with Gasteiger partial charge in [0.1, 0.15) is 11.5 Å². The van der Waals surface area contributed by atoms with Crippen molar-refractivity contribution in [2.45, 2.75) is 33.2 Å². The number of nitrogens with two attached hydrogens (primary N) is 1. The van der Waals surface area contributed by atoms with Gasteiger partial charge in [0.05, 0.1) is 6.04 Å². The minimum atomic E-state index is -0.803. The van der Waals surface area contributed by atoms with E-state index in [-0.39, 0.29) is 11.5 Å². The number of amides is 1. The third-order valence-corrected chi connectivity index (χ3v) is 3.09. The van der Waals surface area contributed by atoms with Crippen LogP contribution in [0.25, 0.3) is 0 Å². The molecule has 1 amide bonds. The van der Waals surface area contributed by atoms with Crippen molar-refractivity contribution in [3.63, 3.8) is 0 Å². The summed E-state index contributed by atoms with van der Waals surface area (Å²) in [5, 5.41) is 2.22. The van der Waals surface area contributed by atoms with E-state index in [0.717, 1.165) is 6.07 Å². The van der Waals surface area contributed by atoms with Crippen LogP contribution < -0.4 is 11.1 Å². The van der Waals surface area contributed by atoms with Crippen LogP contribution in [0.5, 0.6) is 0 Å². The summed E-state index contributed by atoms with van der Waals surface area (Å²) in [5.41, 5.74) is 5.54. The Bertz CT molecular complexity index is 449. The molecule has 0 aliphatic carbocycles. The highest BCUT2D eigenvalue weighted by Gasteiger charge is 2.22. The first kappa shape index (κ1) is 14.6. The summed E-state index contributed by atoms with van der Waals surface area (Å²) in [6.45, 7) is 5.21. The zero-order valence-corrected chi connectivity index (χ0v) is 10.8. The highest BCUT2D eigenvalue weighted by Crippen LogP contribution is 2.22. The van der Waals surface area contributed by atoms with Crippen LogP contribution in [0.2, 0.25) is 0 Å². The molecular formula is C13H18F2N2O. The van der Waals surface area contributed by atoms with E-state index in [1.165, 1.54) is 13.0 Å². The predicted molar refractivity (Wildman–Crippen MR) is 67.2 cm³/mol. The topological polar surface area (TPSA) is 55.1 Å². The molecule has 0 fully saturated rings. The van der Waals surface area contributed by atoms with Gasteiger partial charge in [-0.05, 0) is 24.5 Å². The van der Waals surface area contributed by atoms with Gasteiger partial charge in [0.2, 0.25) is 5.91 Å². The van der Waals surface area contributed by atoms with E-state index in [0.29, 0.717) is 6.42 Å². The quantitative estimate of drug-likeness (QED) is 0.870. The lowest BCUT2D eigenvalue weighted by atomic mass is 9.99. The molecule has 0 bridgehead atoms. The van der Waals surface area contributed by atoms with Crippen LogP contribution in [0.1, 0.15) is 25.8 Å². The van der Waals surface area contributed by atoms with Crippen molar-refractivity contribution in [2.75, 3.05) is 5.32 Å². The van der Waals surface area contributed by atoms with Crippen molar-refractivity contribution in [3.8, 4) is 0 Å². The zero-order valence-electron chi connectivity index (χ0n) is 10.8. The lowest BCUT2D eigenvalue weighted by Gasteiger charge is -2.18. The summed E-state index contributed by atoms with van der Waals surface area (Å²) in [7, 11) is 0. The fraction of sp³-hybridized carbons (Fsp3) is 0.462. The van der Waals surface area contributed by atoms with E-state index < -0.39 is 29.3 Å². The van der Waals surface area contributed by atoms with E-state index in [1.807, 2.05) is 13.8 Å². The average molecular weight is 256 g/mol. The SMILES string of the molecule is CCC(C)[C@H](N)C(=O)Nc1c(F)ccc(C)c1F. The third-order valence-electron chi connectivity index (χ3n) is 3.09. The molecule has 0 aliphatic heterocycles. The number of halogens is 2. The number of hydrogen-bond donors (Lipinski definition) is 2. The molecule has 0 heterocycles. The van der Waals surface area contributed by atoms with Gasteiger partial charge < -0.3 is 11.1 Å². The number of hydrogen-bond acceptors (Lipinski definition) is 2. The van der Waals surface area contributed by atoms with Crippen molar-refractivity contribution < 1.29 is 13.6 Å².